The molecule has 4 nitrogen and oxygen atoms in total. The Labute approximate surface area is 150 Å². The number of benzene rings is 2. The van der Waals surface area contributed by atoms with E-state index in [1.54, 1.807) is 36.4 Å². The lowest BCUT2D eigenvalue weighted by molar-refractivity contribution is -0.119. The van der Waals surface area contributed by atoms with Gasteiger partial charge in [0.05, 0.1) is 10.6 Å². The van der Waals surface area contributed by atoms with E-state index >= 15 is 0 Å². The fourth-order valence-corrected chi connectivity index (χ4v) is 3.86. The van der Waals surface area contributed by atoms with Gasteiger partial charge in [-0.2, -0.15) is 0 Å². The number of aryl methyl sites for hydroxylation is 2. The molecule has 0 aliphatic rings. The fourth-order valence-electron chi connectivity index (χ4n) is 2.44. The third-order valence-electron chi connectivity index (χ3n) is 3.74. The number of sulfonamides is 1. The summed E-state index contributed by atoms with van der Waals surface area (Å²) in [5.41, 5.74) is 2.00. The number of rotatable bonds is 4. The van der Waals surface area contributed by atoms with Gasteiger partial charge in [-0.05, 0) is 43.5 Å². The van der Waals surface area contributed by atoms with Gasteiger partial charge in [-0.25, -0.2) is 12.7 Å². The van der Waals surface area contributed by atoms with Crippen LogP contribution in [0.1, 0.15) is 38.3 Å². The zero-order chi connectivity index (χ0) is 18.8. The predicted molar refractivity (Wildman–Crippen MR) is 101 cm³/mol. The summed E-state index contributed by atoms with van der Waals surface area (Å²) < 4.78 is 27.3. The maximum Gasteiger partial charge on any atom is 0.270 e. The normalized spacial score (nSPS) is 12.0. The van der Waals surface area contributed by atoms with Crippen LogP contribution in [-0.2, 0) is 14.8 Å². The van der Waals surface area contributed by atoms with Gasteiger partial charge >= 0.3 is 0 Å². The zero-order valence-corrected chi connectivity index (χ0v) is 16.2. The summed E-state index contributed by atoms with van der Waals surface area (Å²) in [4.78, 5) is 13.0. The maximum atomic E-state index is 13.2. The second-order valence-corrected chi connectivity index (χ2v) is 9.34. The van der Waals surface area contributed by atoms with Gasteiger partial charge in [0, 0.05) is 6.42 Å². The Hall–Kier alpha value is -2.14. The molecule has 0 unspecified atom stereocenters. The van der Waals surface area contributed by atoms with Crippen molar-refractivity contribution in [3.05, 3.63) is 59.7 Å². The van der Waals surface area contributed by atoms with Crippen LogP contribution in [0.3, 0.4) is 0 Å². The van der Waals surface area contributed by atoms with E-state index in [1.807, 2.05) is 34.6 Å². The molecule has 0 spiro atoms. The molecule has 2 aromatic rings. The Morgan fingerprint density at radius 2 is 1.32 bits per heavy atom. The van der Waals surface area contributed by atoms with Crippen LogP contribution in [-0.4, -0.2) is 14.3 Å². The molecule has 0 fully saturated rings. The van der Waals surface area contributed by atoms with Crippen LogP contribution in [0.5, 0.6) is 0 Å². The quantitative estimate of drug-likeness (QED) is 0.810. The topological polar surface area (TPSA) is 54.5 Å². The van der Waals surface area contributed by atoms with Crippen molar-refractivity contribution in [2.45, 2.75) is 45.9 Å². The molecule has 0 heterocycles. The standard InChI is InChI=1S/C20H25NO3S/c1-15-6-10-17(11-7-15)21(19(22)14-20(3,4)5)25(23,24)18-12-8-16(2)9-13-18/h6-13H,14H2,1-5H3. The molecule has 0 aliphatic heterocycles. The molecular weight excluding hydrogens is 334 g/mol. The highest BCUT2D eigenvalue weighted by Crippen LogP contribution is 2.28. The number of hydrogen-bond donors (Lipinski definition) is 0. The second-order valence-electron chi connectivity index (χ2n) is 7.55. The average molecular weight is 359 g/mol. The van der Waals surface area contributed by atoms with E-state index in [2.05, 4.69) is 0 Å². The van der Waals surface area contributed by atoms with Crippen molar-refractivity contribution >= 4 is 21.6 Å². The van der Waals surface area contributed by atoms with Gasteiger partial charge in [-0.1, -0.05) is 56.2 Å². The molecule has 0 saturated heterocycles. The van der Waals surface area contributed by atoms with Gasteiger partial charge in [-0.15, -0.1) is 0 Å². The molecule has 1 amide bonds. The molecule has 0 atom stereocenters. The van der Waals surface area contributed by atoms with Gasteiger partial charge in [0.1, 0.15) is 0 Å². The van der Waals surface area contributed by atoms with Crippen molar-refractivity contribution in [2.24, 2.45) is 5.41 Å². The Kier molecular flexibility index (Phi) is 5.37. The monoisotopic (exact) mass is 359 g/mol. The minimum absolute atomic E-state index is 0.112. The van der Waals surface area contributed by atoms with E-state index < -0.39 is 15.9 Å². The van der Waals surface area contributed by atoms with E-state index in [1.165, 1.54) is 12.1 Å². The zero-order valence-electron chi connectivity index (χ0n) is 15.4. The molecule has 134 valence electrons. The van der Waals surface area contributed by atoms with Crippen molar-refractivity contribution in [1.29, 1.82) is 0 Å². The Morgan fingerprint density at radius 1 is 0.880 bits per heavy atom. The molecule has 0 aromatic heterocycles. The van der Waals surface area contributed by atoms with Crippen LogP contribution in [0.2, 0.25) is 0 Å². The van der Waals surface area contributed by atoms with Crippen molar-refractivity contribution in [2.75, 3.05) is 4.31 Å². The van der Waals surface area contributed by atoms with Gasteiger partial charge in [-0.3, -0.25) is 4.79 Å². The molecule has 25 heavy (non-hydrogen) atoms. The summed E-state index contributed by atoms with van der Waals surface area (Å²) in [7, 11) is -3.97. The van der Waals surface area contributed by atoms with E-state index in [-0.39, 0.29) is 16.7 Å². The van der Waals surface area contributed by atoms with Crippen molar-refractivity contribution in [3.63, 3.8) is 0 Å². The SMILES string of the molecule is Cc1ccc(N(C(=O)CC(C)(C)C)S(=O)(=O)c2ccc(C)cc2)cc1. The van der Waals surface area contributed by atoms with Crippen LogP contribution in [0.25, 0.3) is 0 Å². The number of anilines is 1. The molecule has 0 bridgehead atoms. The highest BCUT2D eigenvalue weighted by Gasteiger charge is 2.33. The summed E-state index contributed by atoms with van der Waals surface area (Å²) in [6.45, 7) is 9.54. The van der Waals surface area contributed by atoms with Crippen molar-refractivity contribution in [3.8, 4) is 0 Å². The van der Waals surface area contributed by atoms with Gasteiger partial charge in [0.2, 0.25) is 5.91 Å². The first-order valence-corrected chi connectivity index (χ1v) is 9.66. The van der Waals surface area contributed by atoms with Crippen LogP contribution >= 0.6 is 0 Å². The minimum atomic E-state index is -3.97. The first-order chi connectivity index (χ1) is 11.5. The van der Waals surface area contributed by atoms with E-state index in [0.717, 1.165) is 15.4 Å². The minimum Gasteiger partial charge on any atom is -0.273 e. The summed E-state index contributed by atoms with van der Waals surface area (Å²) in [6.07, 6.45) is 0.131. The van der Waals surface area contributed by atoms with Gasteiger partial charge in [0.15, 0.2) is 0 Å². The molecule has 2 rings (SSSR count). The molecule has 2 aromatic carbocycles. The van der Waals surface area contributed by atoms with Gasteiger partial charge < -0.3 is 0 Å². The maximum absolute atomic E-state index is 13.2. The highest BCUT2D eigenvalue weighted by molar-refractivity contribution is 7.93. The molecule has 0 aliphatic carbocycles. The Morgan fingerprint density at radius 3 is 1.76 bits per heavy atom. The number of hydrogen-bond acceptors (Lipinski definition) is 3. The predicted octanol–water partition coefficient (Wildman–Crippen LogP) is 4.46. The molecule has 0 saturated carbocycles. The first kappa shape index (κ1) is 19.2. The Bertz CT molecular complexity index is 845. The largest absolute Gasteiger partial charge is 0.273 e. The first-order valence-electron chi connectivity index (χ1n) is 8.22. The van der Waals surface area contributed by atoms with Crippen LogP contribution in [0.15, 0.2) is 53.4 Å². The lowest BCUT2D eigenvalue weighted by Crippen LogP contribution is -2.38. The fraction of sp³-hybridized carbons (Fsp3) is 0.350. The molecule has 0 radical (unpaired) electrons. The van der Waals surface area contributed by atoms with Crippen molar-refractivity contribution in [1.82, 2.24) is 0 Å². The van der Waals surface area contributed by atoms with E-state index in [4.69, 9.17) is 0 Å². The summed E-state index contributed by atoms with van der Waals surface area (Å²) >= 11 is 0. The summed E-state index contributed by atoms with van der Waals surface area (Å²) in [6, 6.07) is 13.5. The molecule has 0 N–H and O–H groups in total. The van der Waals surface area contributed by atoms with Crippen molar-refractivity contribution < 1.29 is 13.2 Å². The highest BCUT2D eigenvalue weighted by atomic mass is 32.2. The second kappa shape index (κ2) is 7.00. The summed E-state index contributed by atoms with van der Waals surface area (Å²) in [5, 5.41) is 0. The van der Waals surface area contributed by atoms with Crippen LogP contribution in [0, 0.1) is 19.3 Å². The lowest BCUT2D eigenvalue weighted by Gasteiger charge is -2.26. The van der Waals surface area contributed by atoms with E-state index in [9.17, 15) is 13.2 Å². The van der Waals surface area contributed by atoms with Crippen LogP contribution < -0.4 is 4.31 Å². The summed E-state index contributed by atoms with van der Waals surface area (Å²) in [5.74, 6) is -0.433. The molecular formula is C20H25NO3S. The number of carbonyl (C=O) groups is 1. The Balaban J connectivity index is 2.55. The third-order valence-corrected chi connectivity index (χ3v) is 5.50. The smallest absolute Gasteiger partial charge is 0.270 e. The van der Waals surface area contributed by atoms with Gasteiger partial charge in [0.25, 0.3) is 10.0 Å². The van der Waals surface area contributed by atoms with Crippen LogP contribution in [0.4, 0.5) is 5.69 Å². The lowest BCUT2D eigenvalue weighted by atomic mass is 9.92. The average Bonchev–Trinajstić information content (AvgIpc) is 2.48. The number of carbonyl (C=O) groups excluding carboxylic acids is 1. The third kappa shape index (κ3) is 4.69. The molecule has 5 heteroatoms. The number of amides is 1. The van der Waals surface area contributed by atoms with E-state index in [0.29, 0.717) is 5.69 Å². The number of nitrogens with zero attached hydrogens (tertiary/aromatic N) is 1.